The maximum Gasteiger partial charge on any atom is 0.282 e. The molecular weight excluding hydrogens is 464 g/mol. The van der Waals surface area contributed by atoms with Crippen LogP contribution >= 0.6 is 15.9 Å². The van der Waals surface area contributed by atoms with Crippen molar-refractivity contribution in [2.45, 2.75) is 46.6 Å². The summed E-state index contributed by atoms with van der Waals surface area (Å²) in [5, 5.41) is 5.18. The lowest BCUT2D eigenvalue weighted by Gasteiger charge is -2.10. The van der Waals surface area contributed by atoms with E-state index < -0.39 is 0 Å². The summed E-state index contributed by atoms with van der Waals surface area (Å²) in [4.78, 5) is 18.0. The van der Waals surface area contributed by atoms with Crippen LogP contribution in [-0.2, 0) is 13.0 Å². The first-order chi connectivity index (χ1) is 15.5. The normalized spacial score (nSPS) is 11.6. The average molecular weight is 491 g/mol. The van der Waals surface area contributed by atoms with Crippen molar-refractivity contribution in [1.29, 1.82) is 0 Å². The number of unbranched alkanes of at least 4 members (excludes halogenated alkanes) is 1. The molecule has 0 atom stereocenters. The Kier molecular flexibility index (Phi) is 6.70. The quantitative estimate of drug-likeness (QED) is 0.305. The Hall–Kier alpha value is -2.99. The molecule has 32 heavy (non-hydrogen) atoms. The van der Waals surface area contributed by atoms with Crippen LogP contribution in [0.2, 0.25) is 0 Å². The van der Waals surface area contributed by atoms with Gasteiger partial charge in [-0.1, -0.05) is 59.6 Å². The van der Waals surface area contributed by atoms with Gasteiger partial charge in [-0.25, -0.2) is 4.98 Å². The number of hydrogen-bond donors (Lipinski definition) is 0. The number of nitrogens with zero attached hydrogens (tertiary/aromatic N) is 4. The van der Waals surface area contributed by atoms with Crippen LogP contribution in [0.1, 0.15) is 48.1 Å². The van der Waals surface area contributed by atoms with Crippen LogP contribution in [0, 0.1) is 13.8 Å². The van der Waals surface area contributed by atoms with Gasteiger partial charge >= 0.3 is 0 Å². The molecule has 2 heterocycles. The number of aryl methyl sites for hydroxylation is 2. The lowest BCUT2D eigenvalue weighted by molar-refractivity contribution is 0.675. The minimum atomic E-state index is -0.142. The summed E-state index contributed by atoms with van der Waals surface area (Å²) in [6, 6.07) is 18.1. The Labute approximate surface area is 196 Å². The third-order valence-electron chi connectivity index (χ3n) is 5.74. The van der Waals surface area contributed by atoms with Crippen LogP contribution in [0.3, 0.4) is 0 Å². The van der Waals surface area contributed by atoms with E-state index in [1.54, 1.807) is 6.21 Å². The fraction of sp³-hybridized carbons (Fsp3) is 0.269. The zero-order valence-electron chi connectivity index (χ0n) is 18.7. The number of hydrogen-bond acceptors (Lipinski definition) is 3. The predicted molar refractivity (Wildman–Crippen MR) is 135 cm³/mol. The third-order valence-corrected chi connectivity index (χ3v) is 6.23. The molecule has 2 aromatic heterocycles. The molecule has 0 saturated carbocycles. The molecule has 0 bridgehead atoms. The SMILES string of the molecule is CCCCc1nc2ccc(Br)cc2c(=O)n1N=Cc1cc(C)n(Cc2ccccc2)c1C. The molecule has 0 radical (unpaired) electrons. The van der Waals surface area contributed by atoms with Crippen molar-refractivity contribution in [3.63, 3.8) is 0 Å². The highest BCUT2D eigenvalue weighted by molar-refractivity contribution is 9.10. The molecule has 0 aliphatic rings. The molecule has 0 N–H and O–H groups in total. The highest BCUT2D eigenvalue weighted by atomic mass is 79.9. The van der Waals surface area contributed by atoms with Crippen LogP contribution in [0.5, 0.6) is 0 Å². The molecule has 0 unspecified atom stereocenters. The molecular formula is C26H27BrN4O. The van der Waals surface area contributed by atoms with Gasteiger partial charge in [-0.05, 0) is 50.1 Å². The molecule has 4 aromatic rings. The third kappa shape index (κ3) is 4.60. The molecule has 2 aromatic carbocycles. The fourth-order valence-corrected chi connectivity index (χ4v) is 4.26. The lowest BCUT2D eigenvalue weighted by Crippen LogP contribution is -2.22. The Balaban J connectivity index is 1.74. The maximum absolute atomic E-state index is 13.3. The van der Waals surface area contributed by atoms with Crippen molar-refractivity contribution in [3.05, 3.63) is 97.8 Å². The second-order valence-corrected chi connectivity index (χ2v) is 8.97. The Bertz CT molecular complexity index is 1340. The van der Waals surface area contributed by atoms with E-state index in [0.717, 1.165) is 40.8 Å². The van der Waals surface area contributed by atoms with Crippen molar-refractivity contribution in [1.82, 2.24) is 14.2 Å². The van der Waals surface area contributed by atoms with E-state index in [-0.39, 0.29) is 5.56 Å². The minimum absolute atomic E-state index is 0.142. The van der Waals surface area contributed by atoms with Crippen molar-refractivity contribution in [2.75, 3.05) is 0 Å². The number of rotatable bonds is 7. The zero-order chi connectivity index (χ0) is 22.7. The largest absolute Gasteiger partial charge is 0.344 e. The van der Waals surface area contributed by atoms with E-state index in [2.05, 4.69) is 76.7 Å². The smallest absolute Gasteiger partial charge is 0.282 e. The van der Waals surface area contributed by atoms with Gasteiger partial charge in [-0.3, -0.25) is 4.79 Å². The molecule has 5 nitrogen and oxygen atoms in total. The summed E-state index contributed by atoms with van der Waals surface area (Å²) in [7, 11) is 0. The molecule has 0 aliphatic heterocycles. The number of benzene rings is 2. The molecule has 0 aliphatic carbocycles. The van der Waals surface area contributed by atoms with E-state index in [0.29, 0.717) is 23.1 Å². The first-order valence-corrected chi connectivity index (χ1v) is 11.7. The summed E-state index contributed by atoms with van der Waals surface area (Å²) in [5.41, 5.74) is 5.09. The molecule has 6 heteroatoms. The van der Waals surface area contributed by atoms with Crippen molar-refractivity contribution in [2.24, 2.45) is 5.10 Å². The average Bonchev–Trinajstić information content (AvgIpc) is 3.06. The second kappa shape index (κ2) is 9.65. The van der Waals surface area contributed by atoms with Gasteiger partial charge in [0, 0.05) is 34.4 Å². The fourth-order valence-electron chi connectivity index (χ4n) is 3.90. The van der Waals surface area contributed by atoms with Crippen molar-refractivity contribution >= 4 is 33.0 Å². The van der Waals surface area contributed by atoms with Crippen LogP contribution in [0.15, 0.2) is 69.0 Å². The monoisotopic (exact) mass is 490 g/mol. The topological polar surface area (TPSA) is 52.2 Å². The van der Waals surface area contributed by atoms with E-state index in [4.69, 9.17) is 4.98 Å². The van der Waals surface area contributed by atoms with Gasteiger partial charge in [0.2, 0.25) is 0 Å². The van der Waals surface area contributed by atoms with E-state index in [1.165, 1.54) is 10.2 Å². The number of aromatic nitrogens is 3. The Morgan fingerprint density at radius 2 is 1.88 bits per heavy atom. The van der Waals surface area contributed by atoms with Crippen molar-refractivity contribution in [3.8, 4) is 0 Å². The maximum atomic E-state index is 13.3. The zero-order valence-corrected chi connectivity index (χ0v) is 20.3. The molecule has 164 valence electrons. The second-order valence-electron chi connectivity index (χ2n) is 8.05. The molecule has 4 rings (SSSR count). The summed E-state index contributed by atoms with van der Waals surface area (Å²) < 4.78 is 4.59. The van der Waals surface area contributed by atoms with Gasteiger partial charge in [0.15, 0.2) is 0 Å². The molecule has 0 saturated heterocycles. The Morgan fingerprint density at radius 1 is 1.09 bits per heavy atom. The summed E-state index contributed by atoms with van der Waals surface area (Å²) in [6.45, 7) is 7.13. The van der Waals surface area contributed by atoms with E-state index in [1.807, 2.05) is 24.3 Å². The van der Waals surface area contributed by atoms with Crippen LogP contribution < -0.4 is 5.56 Å². The number of halogens is 1. The van der Waals surface area contributed by atoms with Crippen LogP contribution in [0.25, 0.3) is 10.9 Å². The molecule has 0 amide bonds. The highest BCUT2D eigenvalue weighted by Crippen LogP contribution is 2.18. The standard InChI is InChI=1S/C26H27BrN4O/c1-4-5-11-25-29-24-13-12-22(27)15-23(24)26(32)31(25)28-16-21-14-18(2)30(19(21)3)17-20-9-7-6-8-10-20/h6-10,12-16H,4-5,11,17H2,1-3H3. The first-order valence-electron chi connectivity index (χ1n) is 10.9. The minimum Gasteiger partial charge on any atom is -0.344 e. The van der Waals surface area contributed by atoms with Crippen molar-refractivity contribution < 1.29 is 0 Å². The number of fused-ring (bicyclic) bond motifs is 1. The van der Waals surface area contributed by atoms with Gasteiger partial charge in [-0.2, -0.15) is 9.78 Å². The Morgan fingerprint density at radius 3 is 2.62 bits per heavy atom. The summed E-state index contributed by atoms with van der Waals surface area (Å²) >= 11 is 3.46. The van der Waals surface area contributed by atoms with Gasteiger partial charge in [-0.15, -0.1) is 0 Å². The van der Waals surface area contributed by atoms with E-state index >= 15 is 0 Å². The van der Waals surface area contributed by atoms with Crippen LogP contribution in [0.4, 0.5) is 0 Å². The lowest BCUT2D eigenvalue weighted by atomic mass is 10.2. The van der Waals surface area contributed by atoms with Gasteiger partial charge < -0.3 is 4.57 Å². The first kappa shape index (κ1) is 22.2. The summed E-state index contributed by atoms with van der Waals surface area (Å²) in [5.74, 6) is 0.695. The highest BCUT2D eigenvalue weighted by Gasteiger charge is 2.12. The summed E-state index contributed by atoms with van der Waals surface area (Å²) in [6.07, 6.45) is 4.47. The van der Waals surface area contributed by atoms with Gasteiger partial charge in [0.25, 0.3) is 5.56 Å². The van der Waals surface area contributed by atoms with Gasteiger partial charge in [0.05, 0.1) is 17.1 Å². The predicted octanol–water partition coefficient (Wildman–Crippen LogP) is 5.85. The van der Waals surface area contributed by atoms with Gasteiger partial charge in [0.1, 0.15) is 5.82 Å². The molecule has 0 spiro atoms. The molecule has 0 fully saturated rings. The van der Waals surface area contributed by atoms with Crippen LogP contribution in [-0.4, -0.2) is 20.4 Å². The van der Waals surface area contributed by atoms with E-state index in [9.17, 15) is 4.79 Å².